The van der Waals surface area contributed by atoms with Crippen LogP contribution in [0.25, 0.3) is 22.5 Å². The highest BCUT2D eigenvalue weighted by Crippen LogP contribution is 2.51. The maximum Gasteiger partial charge on any atom is 0.213 e. The minimum absolute atomic E-state index is 0.0446. The van der Waals surface area contributed by atoms with E-state index in [9.17, 15) is 0 Å². The summed E-state index contributed by atoms with van der Waals surface area (Å²) in [5, 5.41) is 0. The quantitative estimate of drug-likeness (QED) is 0.604. The van der Waals surface area contributed by atoms with Gasteiger partial charge in [-0.05, 0) is 35.7 Å². The van der Waals surface area contributed by atoms with Crippen molar-refractivity contribution in [3.8, 4) is 22.5 Å². The van der Waals surface area contributed by atoms with E-state index in [-0.39, 0.29) is 5.41 Å². The molecular weight excluding hydrogens is 292 g/mol. The molecule has 24 heavy (non-hydrogen) atoms. The van der Waals surface area contributed by atoms with Crippen LogP contribution in [-0.2, 0) is 12.5 Å². The van der Waals surface area contributed by atoms with Crippen LogP contribution in [0.1, 0.15) is 36.2 Å². The van der Waals surface area contributed by atoms with Gasteiger partial charge in [-0.1, -0.05) is 32.0 Å². The zero-order chi connectivity index (χ0) is 17.1. The van der Waals surface area contributed by atoms with E-state index >= 15 is 0 Å². The van der Waals surface area contributed by atoms with Gasteiger partial charge in [0.2, 0.25) is 5.69 Å². The summed E-state index contributed by atoms with van der Waals surface area (Å²) in [4.78, 5) is 4.69. The van der Waals surface area contributed by atoms with Crippen molar-refractivity contribution in [3.63, 3.8) is 0 Å². The average Bonchev–Trinajstić information content (AvgIpc) is 2.79. The molecule has 1 aromatic carbocycles. The lowest BCUT2D eigenvalue weighted by Crippen LogP contribution is -2.35. The molecule has 2 aromatic heterocycles. The van der Waals surface area contributed by atoms with E-state index in [4.69, 9.17) is 4.98 Å². The van der Waals surface area contributed by atoms with E-state index < -0.39 is 0 Å². The first kappa shape index (κ1) is 15.1. The molecule has 2 heterocycles. The van der Waals surface area contributed by atoms with Gasteiger partial charge in [0.15, 0.2) is 5.69 Å². The molecule has 0 saturated heterocycles. The second kappa shape index (κ2) is 5.01. The summed E-state index contributed by atoms with van der Waals surface area (Å²) in [6.45, 7) is 9.00. The molecule has 0 radical (unpaired) electrons. The molecule has 0 atom stereocenters. The minimum Gasteiger partial charge on any atom is -0.256 e. The van der Waals surface area contributed by atoms with Crippen molar-refractivity contribution in [3.05, 3.63) is 71.0 Å². The number of fused-ring (bicyclic) bond motifs is 3. The van der Waals surface area contributed by atoms with Crippen molar-refractivity contribution in [2.45, 2.75) is 33.1 Å². The smallest absolute Gasteiger partial charge is 0.213 e. The van der Waals surface area contributed by atoms with E-state index in [2.05, 4.69) is 75.7 Å². The predicted octanol–water partition coefficient (Wildman–Crippen LogP) is 4.50. The van der Waals surface area contributed by atoms with Crippen molar-refractivity contribution in [2.75, 3.05) is 0 Å². The SMILES string of the molecule is Cc1ccc2c(c1-c1cccc(C)[n+]1C)C(C)(C)c1cccnc1-2. The average molecular weight is 315 g/mol. The van der Waals surface area contributed by atoms with E-state index in [1.807, 2.05) is 12.3 Å². The number of aryl methyl sites for hydroxylation is 2. The summed E-state index contributed by atoms with van der Waals surface area (Å²) in [6.07, 6.45) is 1.90. The van der Waals surface area contributed by atoms with Crippen LogP contribution in [0.15, 0.2) is 48.7 Å². The number of benzene rings is 1. The Bertz CT molecular complexity index is 968. The third kappa shape index (κ3) is 1.89. The molecule has 0 aliphatic heterocycles. The normalized spacial score (nSPS) is 14.4. The van der Waals surface area contributed by atoms with Crippen molar-refractivity contribution in [1.82, 2.24) is 4.98 Å². The van der Waals surface area contributed by atoms with Gasteiger partial charge in [-0.2, -0.15) is 4.57 Å². The highest BCUT2D eigenvalue weighted by Gasteiger charge is 2.40. The summed E-state index contributed by atoms with van der Waals surface area (Å²) in [7, 11) is 2.15. The first-order chi connectivity index (χ1) is 11.4. The molecule has 4 rings (SSSR count). The fourth-order valence-electron chi connectivity index (χ4n) is 4.09. The second-order valence-electron chi connectivity index (χ2n) is 7.32. The van der Waals surface area contributed by atoms with Crippen molar-refractivity contribution in [2.24, 2.45) is 7.05 Å². The van der Waals surface area contributed by atoms with Gasteiger partial charge in [0.1, 0.15) is 7.05 Å². The number of hydrogen-bond donors (Lipinski definition) is 0. The molecule has 0 saturated carbocycles. The number of nitrogens with zero attached hydrogens (tertiary/aromatic N) is 2. The lowest BCUT2D eigenvalue weighted by molar-refractivity contribution is -0.666. The Kier molecular flexibility index (Phi) is 3.14. The lowest BCUT2D eigenvalue weighted by atomic mass is 9.78. The van der Waals surface area contributed by atoms with Crippen LogP contribution in [0.5, 0.6) is 0 Å². The molecule has 120 valence electrons. The van der Waals surface area contributed by atoms with Crippen molar-refractivity contribution >= 4 is 0 Å². The summed E-state index contributed by atoms with van der Waals surface area (Å²) in [6, 6.07) is 15.3. The van der Waals surface area contributed by atoms with E-state index in [1.54, 1.807) is 0 Å². The largest absolute Gasteiger partial charge is 0.256 e. The highest BCUT2D eigenvalue weighted by molar-refractivity contribution is 5.86. The molecular formula is C22H23N2+. The summed E-state index contributed by atoms with van der Waals surface area (Å²) >= 11 is 0. The van der Waals surface area contributed by atoms with Crippen LogP contribution in [0, 0.1) is 13.8 Å². The molecule has 2 heteroatoms. The first-order valence-corrected chi connectivity index (χ1v) is 8.49. The van der Waals surface area contributed by atoms with Gasteiger partial charge in [-0.25, -0.2) is 0 Å². The van der Waals surface area contributed by atoms with Crippen LogP contribution in [0.4, 0.5) is 0 Å². The van der Waals surface area contributed by atoms with Crippen molar-refractivity contribution < 1.29 is 4.57 Å². The fraction of sp³-hybridized carbons (Fsp3) is 0.273. The maximum atomic E-state index is 4.69. The van der Waals surface area contributed by atoms with E-state index in [0.717, 1.165) is 5.69 Å². The molecule has 0 bridgehead atoms. The third-order valence-corrected chi connectivity index (χ3v) is 5.51. The molecule has 0 spiro atoms. The molecule has 0 unspecified atom stereocenters. The van der Waals surface area contributed by atoms with Gasteiger partial charge in [-0.15, -0.1) is 0 Å². The second-order valence-corrected chi connectivity index (χ2v) is 7.32. The number of aromatic nitrogens is 2. The van der Waals surface area contributed by atoms with Gasteiger partial charge < -0.3 is 0 Å². The monoisotopic (exact) mass is 315 g/mol. The fourth-order valence-corrected chi connectivity index (χ4v) is 4.09. The lowest BCUT2D eigenvalue weighted by Gasteiger charge is -2.24. The predicted molar refractivity (Wildman–Crippen MR) is 97.9 cm³/mol. The van der Waals surface area contributed by atoms with Gasteiger partial charge in [0.05, 0.1) is 11.3 Å². The van der Waals surface area contributed by atoms with Gasteiger partial charge >= 0.3 is 0 Å². The Morgan fingerprint density at radius 2 is 1.75 bits per heavy atom. The van der Waals surface area contributed by atoms with Crippen LogP contribution >= 0.6 is 0 Å². The van der Waals surface area contributed by atoms with Gasteiger partial charge in [0.25, 0.3) is 0 Å². The Labute approximate surface area is 143 Å². The Morgan fingerprint density at radius 3 is 2.54 bits per heavy atom. The highest BCUT2D eigenvalue weighted by atomic mass is 14.9. The Balaban J connectivity index is 2.12. The van der Waals surface area contributed by atoms with E-state index in [0.29, 0.717) is 0 Å². The van der Waals surface area contributed by atoms with E-state index in [1.165, 1.54) is 39.2 Å². The summed E-state index contributed by atoms with van der Waals surface area (Å²) in [5.41, 5.74) is 10.3. The first-order valence-electron chi connectivity index (χ1n) is 8.49. The Hall–Kier alpha value is -2.48. The zero-order valence-corrected chi connectivity index (χ0v) is 15.0. The standard InChI is InChI=1S/C22H23N2/c1-14-11-12-16-20(19(14)18-10-6-8-15(2)24(18)5)22(3,4)17-9-7-13-23-21(16)17/h6-13H,1-5H3/q+1. The zero-order valence-electron chi connectivity index (χ0n) is 15.0. The van der Waals surface area contributed by atoms with Crippen LogP contribution in [-0.4, -0.2) is 4.98 Å². The molecule has 1 aliphatic rings. The third-order valence-electron chi connectivity index (χ3n) is 5.51. The Morgan fingerprint density at radius 1 is 0.958 bits per heavy atom. The molecule has 0 fully saturated rings. The minimum atomic E-state index is -0.0446. The molecule has 0 N–H and O–H groups in total. The van der Waals surface area contributed by atoms with Crippen LogP contribution < -0.4 is 4.57 Å². The van der Waals surface area contributed by atoms with Gasteiger partial charge in [0, 0.05) is 36.2 Å². The summed E-state index contributed by atoms with van der Waals surface area (Å²) < 4.78 is 2.29. The molecule has 3 aromatic rings. The topological polar surface area (TPSA) is 16.8 Å². The number of rotatable bonds is 1. The molecule has 1 aliphatic carbocycles. The summed E-state index contributed by atoms with van der Waals surface area (Å²) in [5.74, 6) is 0. The molecule has 0 amide bonds. The van der Waals surface area contributed by atoms with Crippen LogP contribution in [0.3, 0.4) is 0 Å². The van der Waals surface area contributed by atoms with Gasteiger partial charge in [-0.3, -0.25) is 4.98 Å². The number of pyridine rings is 2. The van der Waals surface area contributed by atoms with Crippen LogP contribution in [0.2, 0.25) is 0 Å². The number of hydrogen-bond acceptors (Lipinski definition) is 1. The molecule has 2 nitrogen and oxygen atoms in total. The maximum absolute atomic E-state index is 4.69. The van der Waals surface area contributed by atoms with Crippen molar-refractivity contribution in [1.29, 1.82) is 0 Å².